The average molecular weight is 308 g/mol. The highest BCUT2D eigenvalue weighted by molar-refractivity contribution is 6.22. The lowest BCUT2D eigenvalue weighted by Gasteiger charge is -2.08. The predicted octanol–water partition coefficient (Wildman–Crippen LogP) is 4.45. The zero-order valence-electron chi connectivity index (χ0n) is 13.3. The fourth-order valence-corrected chi connectivity index (χ4v) is 2.08. The molecule has 0 aliphatic heterocycles. The van der Waals surface area contributed by atoms with Crippen LogP contribution < -0.4 is 5.43 Å². The van der Waals surface area contributed by atoms with Crippen LogP contribution in [0.1, 0.15) is 35.3 Å². The summed E-state index contributed by atoms with van der Waals surface area (Å²) >= 11 is 0. The van der Waals surface area contributed by atoms with Crippen LogP contribution in [0.5, 0.6) is 0 Å². The van der Waals surface area contributed by atoms with Crippen molar-refractivity contribution in [1.29, 1.82) is 0 Å². The third kappa shape index (κ3) is 4.30. The summed E-state index contributed by atoms with van der Waals surface area (Å²) in [6.07, 6.45) is 0.999. The molecule has 0 aliphatic carbocycles. The van der Waals surface area contributed by atoms with E-state index in [4.69, 9.17) is 5.11 Å². The van der Waals surface area contributed by atoms with Crippen molar-refractivity contribution in [2.75, 3.05) is 5.43 Å². The number of benzene rings is 2. The molecule has 4 heteroatoms. The summed E-state index contributed by atoms with van der Waals surface area (Å²) in [6.45, 7) is 7.95. The van der Waals surface area contributed by atoms with E-state index in [0.29, 0.717) is 11.3 Å². The number of hydrogen-bond donors (Lipinski definition) is 2. The van der Waals surface area contributed by atoms with Crippen LogP contribution in [0, 0.1) is 0 Å². The topological polar surface area (TPSA) is 61.7 Å². The van der Waals surface area contributed by atoms with Gasteiger partial charge >= 0.3 is 5.97 Å². The zero-order chi connectivity index (χ0) is 16.8. The Bertz CT molecular complexity index is 746. The second-order valence-electron chi connectivity index (χ2n) is 5.22. The van der Waals surface area contributed by atoms with Crippen molar-refractivity contribution in [2.45, 2.75) is 20.3 Å². The van der Waals surface area contributed by atoms with Gasteiger partial charge in [0.2, 0.25) is 0 Å². The summed E-state index contributed by atoms with van der Waals surface area (Å²) in [5, 5.41) is 13.4. The van der Waals surface area contributed by atoms with Crippen LogP contribution in [0.4, 0.5) is 5.69 Å². The van der Waals surface area contributed by atoms with Crippen LogP contribution in [0.2, 0.25) is 0 Å². The molecule has 23 heavy (non-hydrogen) atoms. The molecule has 2 aromatic carbocycles. The number of anilines is 1. The largest absolute Gasteiger partial charge is 0.478 e. The van der Waals surface area contributed by atoms with E-state index in [0.717, 1.165) is 17.7 Å². The van der Waals surface area contributed by atoms with Crippen molar-refractivity contribution in [1.82, 2.24) is 0 Å². The third-order valence-electron chi connectivity index (χ3n) is 3.61. The van der Waals surface area contributed by atoms with Gasteiger partial charge in [0.25, 0.3) is 0 Å². The summed E-state index contributed by atoms with van der Waals surface area (Å²) in [7, 11) is 0. The zero-order valence-corrected chi connectivity index (χ0v) is 13.3. The molecule has 0 aromatic heterocycles. The van der Waals surface area contributed by atoms with Gasteiger partial charge in [0.1, 0.15) is 0 Å². The quantitative estimate of drug-likeness (QED) is 0.612. The SMILES string of the molecule is C=C(/C(C)=N\Nc1ccc(CC)cc1)c1cccc(C(=O)O)c1. The van der Waals surface area contributed by atoms with Gasteiger partial charge in [0, 0.05) is 0 Å². The average Bonchev–Trinajstić information content (AvgIpc) is 2.59. The monoisotopic (exact) mass is 308 g/mol. The summed E-state index contributed by atoms with van der Waals surface area (Å²) in [4.78, 5) is 11.0. The number of aryl methyl sites for hydroxylation is 1. The second kappa shape index (κ2) is 7.40. The minimum atomic E-state index is -0.955. The fraction of sp³-hybridized carbons (Fsp3) is 0.158. The van der Waals surface area contributed by atoms with Gasteiger partial charge in [0.05, 0.1) is 17.0 Å². The van der Waals surface area contributed by atoms with E-state index in [9.17, 15) is 4.79 Å². The molecular formula is C19H20N2O2. The Balaban J connectivity index is 2.11. The number of carbonyl (C=O) groups is 1. The van der Waals surface area contributed by atoms with Crippen LogP contribution >= 0.6 is 0 Å². The molecule has 2 N–H and O–H groups in total. The Kier molecular flexibility index (Phi) is 5.31. The lowest BCUT2D eigenvalue weighted by atomic mass is 10.0. The Morgan fingerprint density at radius 1 is 1.17 bits per heavy atom. The third-order valence-corrected chi connectivity index (χ3v) is 3.61. The van der Waals surface area contributed by atoms with Gasteiger partial charge in [-0.1, -0.05) is 37.8 Å². The number of hydrazone groups is 1. The molecule has 0 fully saturated rings. The number of carboxylic acid groups (broad SMARTS) is 1. The second-order valence-corrected chi connectivity index (χ2v) is 5.22. The molecule has 0 heterocycles. The van der Waals surface area contributed by atoms with Crippen molar-refractivity contribution in [3.63, 3.8) is 0 Å². The van der Waals surface area contributed by atoms with Crippen LogP contribution in [-0.4, -0.2) is 16.8 Å². The molecule has 0 spiro atoms. The number of nitrogens with zero attached hydrogens (tertiary/aromatic N) is 1. The van der Waals surface area contributed by atoms with Crippen LogP contribution in [0.25, 0.3) is 5.57 Å². The maximum atomic E-state index is 11.0. The van der Waals surface area contributed by atoms with E-state index >= 15 is 0 Å². The molecule has 0 saturated carbocycles. The normalized spacial score (nSPS) is 11.1. The van der Waals surface area contributed by atoms with Crippen molar-refractivity contribution in [3.8, 4) is 0 Å². The number of allylic oxidation sites excluding steroid dienone is 1. The van der Waals surface area contributed by atoms with E-state index in [1.807, 2.05) is 25.1 Å². The smallest absolute Gasteiger partial charge is 0.335 e. The molecule has 2 aromatic rings. The number of hydrogen-bond acceptors (Lipinski definition) is 3. The van der Waals surface area contributed by atoms with Gasteiger partial charge in [-0.05, 0) is 54.3 Å². The van der Waals surface area contributed by atoms with Gasteiger partial charge < -0.3 is 5.11 Å². The number of carboxylic acids is 1. The number of aromatic carboxylic acids is 1. The van der Waals surface area contributed by atoms with Crippen LogP contribution in [-0.2, 0) is 6.42 Å². The highest BCUT2D eigenvalue weighted by atomic mass is 16.4. The fourth-order valence-electron chi connectivity index (χ4n) is 2.08. The van der Waals surface area contributed by atoms with Crippen LogP contribution in [0.3, 0.4) is 0 Å². The highest BCUT2D eigenvalue weighted by Gasteiger charge is 2.07. The van der Waals surface area contributed by atoms with E-state index in [1.165, 1.54) is 5.56 Å². The molecule has 0 amide bonds. The first-order valence-corrected chi connectivity index (χ1v) is 7.43. The Morgan fingerprint density at radius 3 is 2.43 bits per heavy atom. The molecule has 0 saturated heterocycles. The first kappa shape index (κ1) is 16.5. The first-order chi connectivity index (χ1) is 11.0. The van der Waals surface area contributed by atoms with Crippen molar-refractivity contribution in [3.05, 3.63) is 71.8 Å². The Hall–Kier alpha value is -2.88. The molecular weight excluding hydrogens is 288 g/mol. The van der Waals surface area contributed by atoms with Gasteiger partial charge in [-0.25, -0.2) is 4.79 Å². The van der Waals surface area contributed by atoms with Crippen molar-refractivity contribution >= 4 is 22.9 Å². The first-order valence-electron chi connectivity index (χ1n) is 7.43. The summed E-state index contributed by atoms with van der Waals surface area (Å²) in [5.41, 5.74) is 7.53. The van der Waals surface area contributed by atoms with Gasteiger partial charge in [0.15, 0.2) is 0 Å². The maximum absolute atomic E-state index is 11.0. The summed E-state index contributed by atoms with van der Waals surface area (Å²) < 4.78 is 0. The minimum Gasteiger partial charge on any atom is -0.478 e. The predicted molar refractivity (Wildman–Crippen MR) is 95.0 cm³/mol. The summed E-state index contributed by atoms with van der Waals surface area (Å²) in [6, 6.07) is 14.7. The molecule has 0 aliphatic rings. The van der Waals surface area contributed by atoms with Gasteiger partial charge in [-0.3, -0.25) is 5.43 Å². The molecule has 4 nitrogen and oxygen atoms in total. The standard InChI is InChI=1S/C19H20N2O2/c1-4-15-8-10-18(11-9-15)21-20-14(3)13(2)16-6-5-7-17(12-16)19(22)23/h5-12,21H,2,4H2,1,3H3,(H,22,23)/b20-14-. The minimum absolute atomic E-state index is 0.236. The van der Waals surface area contributed by atoms with Gasteiger partial charge in [-0.15, -0.1) is 0 Å². The van der Waals surface area contributed by atoms with Crippen molar-refractivity contribution in [2.24, 2.45) is 5.10 Å². The molecule has 0 atom stereocenters. The highest BCUT2D eigenvalue weighted by Crippen LogP contribution is 2.17. The van der Waals surface area contributed by atoms with E-state index in [-0.39, 0.29) is 5.56 Å². The number of rotatable bonds is 6. The Morgan fingerprint density at radius 2 is 1.83 bits per heavy atom. The van der Waals surface area contributed by atoms with E-state index in [1.54, 1.807) is 18.2 Å². The van der Waals surface area contributed by atoms with Gasteiger partial charge in [-0.2, -0.15) is 5.10 Å². The van der Waals surface area contributed by atoms with E-state index in [2.05, 4.69) is 36.2 Å². The van der Waals surface area contributed by atoms with Crippen molar-refractivity contribution < 1.29 is 9.90 Å². The lowest BCUT2D eigenvalue weighted by Crippen LogP contribution is -2.02. The van der Waals surface area contributed by atoms with E-state index < -0.39 is 5.97 Å². The number of nitrogens with one attached hydrogen (secondary N) is 1. The molecule has 2 rings (SSSR count). The lowest BCUT2D eigenvalue weighted by molar-refractivity contribution is 0.0697. The maximum Gasteiger partial charge on any atom is 0.335 e. The summed E-state index contributed by atoms with van der Waals surface area (Å²) in [5.74, 6) is -0.955. The van der Waals surface area contributed by atoms with Crippen LogP contribution in [0.15, 0.2) is 60.2 Å². The molecule has 0 bridgehead atoms. The molecule has 118 valence electrons. The molecule has 0 unspecified atom stereocenters. The molecule has 0 radical (unpaired) electrons. The Labute approximate surface area is 136 Å².